The minimum Gasteiger partial charge on any atom is -0.310 e. The van der Waals surface area contributed by atoms with Crippen LogP contribution in [-0.2, 0) is 6.54 Å². The number of hydrogen-bond acceptors (Lipinski definition) is 1. The van der Waals surface area contributed by atoms with Crippen LogP contribution in [0.25, 0.3) is 16.8 Å². The van der Waals surface area contributed by atoms with Crippen molar-refractivity contribution < 1.29 is 0 Å². The van der Waals surface area contributed by atoms with Crippen LogP contribution in [0.3, 0.4) is 0 Å². The van der Waals surface area contributed by atoms with Gasteiger partial charge in [-0.25, -0.2) is 4.98 Å². The van der Waals surface area contributed by atoms with Gasteiger partial charge in [0.2, 0.25) is 5.78 Å². The molecule has 0 atom stereocenters. The third-order valence-electron chi connectivity index (χ3n) is 2.93. The molecule has 2 heterocycles. The molecule has 0 fully saturated rings. The lowest BCUT2D eigenvalue weighted by Gasteiger charge is -2.01. The number of fused-ring (bicyclic) bond motifs is 3. The molecule has 3 nitrogen and oxygen atoms in total. The molecule has 0 unspecified atom stereocenters. The first-order chi connectivity index (χ1) is 7.81. The molecule has 0 aliphatic rings. The van der Waals surface area contributed by atoms with Gasteiger partial charge < -0.3 is 4.57 Å². The van der Waals surface area contributed by atoms with E-state index in [0.717, 1.165) is 24.4 Å². The maximum atomic E-state index is 4.59. The molecule has 17 heavy (non-hydrogen) atoms. The highest BCUT2D eigenvalue weighted by molar-refractivity contribution is 8.93. The van der Waals surface area contributed by atoms with Gasteiger partial charge in [-0.1, -0.05) is 19.1 Å². The van der Waals surface area contributed by atoms with Crippen LogP contribution in [0, 0.1) is 6.92 Å². The molecule has 0 saturated carbocycles. The van der Waals surface area contributed by atoms with Crippen LogP contribution in [0.4, 0.5) is 0 Å². The van der Waals surface area contributed by atoms with Crippen molar-refractivity contribution in [3.05, 3.63) is 36.2 Å². The van der Waals surface area contributed by atoms with Crippen molar-refractivity contribution in [2.24, 2.45) is 0 Å². The van der Waals surface area contributed by atoms with Crippen LogP contribution in [-0.4, -0.2) is 14.0 Å². The molecule has 90 valence electrons. The second kappa shape index (κ2) is 4.53. The Morgan fingerprint density at radius 2 is 1.88 bits per heavy atom. The fourth-order valence-electron chi connectivity index (χ4n) is 2.30. The molecule has 0 bridgehead atoms. The normalized spacial score (nSPS) is 10.9. The highest BCUT2D eigenvalue weighted by Gasteiger charge is 2.10. The van der Waals surface area contributed by atoms with E-state index < -0.39 is 0 Å². The SMILES string of the molecule is Br.CCCn1c2ccccc2n2cc(C)nc12. The molecule has 0 aliphatic carbocycles. The summed E-state index contributed by atoms with van der Waals surface area (Å²) in [5, 5.41) is 0. The van der Waals surface area contributed by atoms with Crippen molar-refractivity contribution in [3.8, 4) is 0 Å². The molecular weight excluding hydrogens is 278 g/mol. The minimum absolute atomic E-state index is 0. The van der Waals surface area contributed by atoms with Crippen molar-refractivity contribution in [1.29, 1.82) is 0 Å². The summed E-state index contributed by atoms with van der Waals surface area (Å²) in [7, 11) is 0. The number of aromatic nitrogens is 3. The molecule has 0 radical (unpaired) electrons. The van der Waals surface area contributed by atoms with Gasteiger partial charge in [0.05, 0.1) is 16.7 Å². The lowest BCUT2D eigenvalue weighted by molar-refractivity contribution is 0.712. The second-order valence-corrected chi connectivity index (χ2v) is 4.19. The quantitative estimate of drug-likeness (QED) is 0.708. The average Bonchev–Trinajstić information content (AvgIpc) is 2.78. The lowest BCUT2D eigenvalue weighted by atomic mass is 10.3. The molecule has 0 amide bonds. The first-order valence-electron chi connectivity index (χ1n) is 5.74. The van der Waals surface area contributed by atoms with Crippen LogP contribution < -0.4 is 0 Å². The summed E-state index contributed by atoms with van der Waals surface area (Å²) in [5.74, 6) is 1.06. The first kappa shape index (κ1) is 12.2. The predicted molar refractivity (Wildman–Crippen MR) is 76.0 cm³/mol. The average molecular weight is 294 g/mol. The van der Waals surface area contributed by atoms with Gasteiger partial charge in [-0.2, -0.15) is 0 Å². The summed E-state index contributed by atoms with van der Waals surface area (Å²) in [6.45, 7) is 5.26. The van der Waals surface area contributed by atoms with Crippen LogP contribution in [0.5, 0.6) is 0 Å². The fourth-order valence-corrected chi connectivity index (χ4v) is 2.30. The zero-order valence-corrected chi connectivity index (χ0v) is 11.8. The highest BCUT2D eigenvalue weighted by Crippen LogP contribution is 2.21. The van der Waals surface area contributed by atoms with Crippen molar-refractivity contribution in [3.63, 3.8) is 0 Å². The third-order valence-corrected chi connectivity index (χ3v) is 2.93. The summed E-state index contributed by atoms with van der Waals surface area (Å²) < 4.78 is 4.47. The molecule has 3 aromatic rings. The van der Waals surface area contributed by atoms with E-state index in [2.05, 4.69) is 51.3 Å². The van der Waals surface area contributed by atoms with Gasteiger partial charge in [-0.15, -0.1) is 17.0 Å². The van der Waals surface area contributed by atoms with Gasteiger partial charge >= 0.3 is 0 Å². The van der Waals surface area contributed by atoms with Crippen molar-refractivity contribution in [1.82, 2.24) is 14.0 Å². The molecular formula is C13H16BrN3. The van der Waals surface area contributed by atoms with E-state index in [1.165, 1.54) is 11.0 Å². The predicted octanol–water partition coefficient (Wildman–Crippen LogP) is 3.59. The van der Waals surface area contributed by atoms with E-state index in [9.17, 15) is 0 Å². The topological polar surface area (TPSA) is 22.2 Å². The highest BCUT2D eigenvalue weighted by atomic mass is 79.9. The van der Waals surface area contributed by atoms with Gasteiger partial charge in [0, 0.05) is 12.7 Å². The summed E-state index contributed by atoms with van der Waals surface area (Å²) >= 11 is 0. The molecule has 0 aliphatic heterocycles. The number of nitrogens with zero attached hydrogens (tertiary/aromatic N) is 3. The van der Waals surface area contributed by atoms with Crippen molar-refractivity contribution in [2.75, 3.05) is 0 Å². The number of rotatable bonds is 2. The smallest absolute Gasteiger partial charge is 0.215 e. The van der Waals surface area contributed by atoms with E-state index in [1.807, 2.05) is 6.92 Å². The monoisotopic (exact) mass is 293 g/mol. The van der Waals surface area contributed by atoms with Crippen LogP contribution in [0.15, 0.2) is 30.5 Å². The van der Waals surface area contributed by atoms with Crippen LogP contribution in [0.1, 0.15) is 19.0 Å². The van der Waals surface area contributed by atoms with Gasteiger partial charge in [0.15, 0.2) is 0 Å². The Morgan fingerprint density at radius 3 is 2.59 bits per heavy atom. The van der Waals surface area contributed by atoms with Gasteiger partial charge in [-0.05, 0) is 25.5 Å². The standard InChI is InChI=1S/C13H15N3.BrH/c1-3-8-15-11-6-4-5-7-12(11)16-9-10(2)14-13(15)16;/h4-7,9H,3,8H2,1-2H3;1H. The molecule has 0 saturated heterocycles. The van der Waals surface area contributed by atoms with Crippen LogP contribution in [0.2, 0.25) is 0 Å². The number of imidazole rings is 2. The first-order valence-corrected chi connectivity index (χ1v) is 5.74. The van der Waals surface area contributed by atoms with Crippen molar-refractivity contribution in [2.45, 2.75) is 26.8 Å². The largest absolute Gasteiger partial charge is 0.310 e. The Hall–Kier alpha value is -1.29. The van der Waals surface area contributed by atoms with E-state index in [-0.39, 0.29) is 17.0 Å². The number of para-hydroxylation sites is 2. The number of hydrogen-bond donors (Lipinski definition) is 0. The van der Waals surface area contributed by atoms with Gasteiger partial charge in [-0.3, -0.25) is 4.40 Å². The Balaban J connectivity index is 0.00000108. The minimum atomic E-state index is 0. The third kappa shape index (κ3) is 1.76. The summed E-state index contributed by atoms with van der Waals surface area (Å²) in [4.78, 5) is 4.59. The summed E-state index contributed by atoms with van der Waals surface area (Å²) in [6.07, 6.45) is 3.23. The molecule has 3 rings (SSSR count). The van der Waals surface area contributed by atoms with Gasteiger partial charge in [0.25, 0.3) is 0 Å². The van der Waals surface area contributed by atoms with E-state index in [0.29, 0.717) is 0 Å². The number of halogens is 1. The fraction of sp³-hybridized carbons (Fsp3) is 0.308. The zero-order chi connectivity index (χ0) is 11.1. The number of benzene rings is 1. The molecule has 1 aromatic carbocycles. The van der Waals surface area contributed by atoms with E-state index >= 15 is 0 Å². The number of aryl methyl sites for hydroxylation is 2. The van der Waals surface area contributed by atoms with E-state index in [1.54, 1.807) is 0 Å². The lowest BCUT2D eigenvalue weighted by Crippen LogP contribution is -1.97. The Kier molecular flexibility index (Phi) is 3.24. The maximum Gasteiger partial charge on any atom is 0.215 e. The molecule has 4 heteroatoms. The van der Waals surface area contributed by atoms with E-state index in [4.69, 9.17) is 0 Å². The summed E-state index contributed by atoms with van der Waals surface area (Å²) in [5.41, 5.74) is 3.59. The maximum absolute atomic E-state index is 4.59. The molecule has 0 N–H and O–H groups in total. The van der Waals surface area contributed by atoms with Crippen molar-refractivity contribution >= 4 is 33.8 Å². The second-order valence-electron chi connectivity index (χ2n) is 4.19. The Labute approximate surface area is 111 Å². The molecule has 0 spiro atoms. The zero-order valence-electron chi connectivity index (χ0n) is 10.1. The Bertz CT molecular complexity index is 651. The van der Waals surface area contributed by atoms with Gasteiger partial charge in [0.1, 0.15) is 0 Å². The van der Waals surface area contributed by atoms with Crippen LogP contribution >= 0.6 is 17.0 Å². The summed E-state index contributed by atoms with van der Waals surface area (Å²) in [6, 6.07) is 8.47. The Morgan fingerprint density at radius 1 is 1.18 bits per heavy atom. The molecule has 2 aromatic heterocycles.